The van der Waals surface area contributed by atoms with E-state index in [0.29, 0.717) is 23.8 Å². The number of hydrogen-bond donors (Lipinski definition) is 0. The smallest absolute Gasteiger partial charge is 0.202 e. The normalized spacial score (nSPS) is 10.7. The number of ether oxygens (including phenoxy) is 1. The van der Waals surface area contributed by atoms with E-state index in [1.54, 1.807) is 18.4 Å². The van der Waals surface area contributed by atoms with Crippen molar-refractivity contribution in [3.8, 4) is 17.3 Å². The fourth-order valence-corrected chi connectivity index (χ4v) is 2.40. The van der Waals surface area contributed by atoms with Crippen molar-refractivity contribution in [1.29, 1.82) is 0 Å². The highest BCUT2D eigenvalue weighted by atomic mass is 79.9. The Balaban J connectivity index is 1.70. The predicted molar refractivity (Wildman–Crippen MR) is 77.4 cm³/mol. The Morgan fingerprint density at radius 2 is 2.10 bits per heavy atom. The summed E-state index contributed by atoms with van der Waals surface area (Å²) < 4.78 is 17.1. The van der Waals surface area contributed by atoms with Crippen LogP contribution in [0.3, 0.4) is 0 Å². The molecule has 0 unspecified atom stereocenters. The summed E-state index contributed by atoms with van der Waals surface area (Å²) in [5.74, 6) is 2.02. The van der Waals surface area contributed by atoms with E-state index >= 15 is 0 Å². The van der Waals surface area contributed by atoms with Gasteiger partial charge in [0.15, 0.2) is 5.76 Å². The lowest BCUT2D eigenvalue weighted by Crippen LogP contribution is -1.96. The molecule has 0 aliphatic heterocycles. The summed E-state index contributed by atoms with van der Waals surface area (Å²) in [7, 11) is 0. The molecule has 0 saturated carbocycles. The Labute approximate surface area is 124 Å². The van der Waals surface area contributed by atoms with Crippen LogP contribution in [0.15, 0.2) is 56.1 Å². The minimum Gasteiger partial charge on any atom is -0.486 e. The molecule has 0 spiro atoms. The highest BCUT2D eigenvalue weighted by molar-refractivity contribution is 9.10. The molecule has 2 heterocycles. The van der Waals surface area contributed by atoms with Crippen molar-refractivity contribution < 1.29 is 13.7 Å². The molecule has 0 aliphatic rings. The van der Waals surface area contributed by atoms with E-state index in [9.17, 15) is 0 Å². The zero-order chi connectivity index (χ0) is 13.9. The number of rotatable bonds is 4. The summed E-state index contributed by atoms with van der Waals surface area (Å²) in [6, 6.07) is 11.4. The van der Waals surface area contributed by atoms with Crippen LogP contribution in [-0.4, -0.2) is 5.16 Å². The summed E-state index contributed by atoms with van der Waals surface area (Å²) in [5.41, 5.74) is 1.88. The van der Waals surface area contributed by atoms with Crippen LogP contribution in [0.2, 0.25) is 0 Å². The predicted octanol–water partition coefficient (Wildman–Crippen LogP) is 4.58. The topological polar surface area (TPSA) is 48.4 Å². The van der Waals surface area contributed by atoms with Crippen molar-refractivity contribution in [2.45, 2.75) is 13.5 Å². The fourth-order valence-electron chi connectivity index (χ4n) is 1.79. The molecule has 4 nitrogen and oxygen atoms in total. The van der Waals surface area contributed by atoms with Crippen molar-refractivity contribution in [3.05, 3.63) is 58.4 Å². The molecule has 0 amide bonds. The van der Waals surface area contributed by atoms with E-state index in [-0.39, 0.29) is 0 Å². The lowest BCUT2D eigenvalue weighted by atomic mass is 10.2. The van der Waals surface area contributed by atoms with E-state index in [0.717, 1.165) is 10.2 Å². The number of aromatic nitrogens is 1. The molecule has 20 heavy (non-hydrogen) atoms. The third-order valence-corrected chi connectivity index (χ3v) is 3.41. The Morgan fingerprint density at radius 3 is 2.85 bits per heavy atom. The number of benzene rings is 1. The van der Waals surface area contributed by atoms with Crippen LogP contribution in [0.4, 0.5) is 0 Å². The summed E-state index contributed by atoms with van der Waals surface area (Å²) >= 11 is 3.47. The Hall–Kier alpha value is -2.01. The third kappa shape index (κ3) is 2.77. The van der Waals surface area contributed by atoms with Crippen LogP contribution in [0.1, 0.15) is 11.3 Å². The first-order valence-electron chi connectivity index (χ1n) is 6.11. The van der Waals surface area contributed by atoms with E-state index in [4.69, 9.17) is 13.7 Å². The molecule has 0 fully saturated rings. The van der Waals surface area contributed by atoms with Crippen molar-refractivity contribution in [1.82, 2.24) is 5.16 Å². The lowest BCUT2D eigenvalue weighted by Gasteiger charge is -2.06. The minimum absolute atomic E-state index is 0.339. The number of hydrogen-bond acceptors (Lipinski definition) is 4. The Morgan fingerprint density at radius 1 is 1.20 bits per heavy atom. The molecule has 3 rings (SSSR count). The van der Waals surface area contributed by atoms with Crippen molar-refractivity contribution in [2.75, 3.05) is 0 Å². The van der Waals surface area contributed by atoms with Gasteiger partial charge in [-0.25, -0.2) is 0 Å². The van der Waals surface area contributed by atoms with E-state index in [1.807, 2.05) is 31.2 Å². The molecule has 0 atom stereocenters. The van der Waals surface area contributed by atoms with Crippen LogP contribution in [0.5, 0.6) is 5.75 Å². The molecule has 3 aromatic rings. The second kappa shape index (κ2) is 5.54. The summed E-state index contributed by atoms with van der Waals surface area (Å²) in [4.78, 5) is 0. The van der Waals surface area contributed by atoms with Gasteiger partial charge < -0.3 is 13.7 Å². The van der Waals surface area contributed by atoms with Gasteiger partial charge in [-0.2, -0.15) is 0 Å². The standard InChI is InChI=1S/C15H12BrNO3/c1-10-4-5-13(12(16)7-10)19-9-11-8-15(20-17-11)14-3-2-6-18-14/h2-8H,9H2,1H3. The molecule has 0 radical (unpaired) electrons. The summed E-state index contributed by atoms with van der Waals surface area (Å²) in [6.07, 6.45) is 1.59. The minimum atomic E-state index is 0.339. The molecule has 102 valence electrons. The van der Waals surface area contributed by atoms with Gasteiger partial charge in [0, 0.05) is 6.07 Å². The molecule has 0 bridgehead atoms. The number of furan rings is 1. The SMILES string of the molecule is Cc1ccc(OCc2cc(-c3ccco3)on2)c(Br)c1. The van der Waals surface area contributed by atoms with Gasteiger partial charge in [0.25, 0.3) is 0 Å². The van der Waals surface area contributed by atoms with Gasteiger partial charge in [-0.1, -0.05) is 11.2 Å². The van der Waals surface area contributed by atoms with Crippen molar-refractivity contribution in [2.24, 2.45) is 0 Å². The van der Waals surface area contributed by atoms with E-state index < -0.39 is 0 Å². The van der Waals surface area contributed by atoms with Crippen molar-refractivity contribution >= 4 is 15.9 Å². The molecule has 5 heteroatoms. The Kier molecular flexibility index (Phi) is 3.60. The summed E-state index contributed by atoms with van der Waals surface area (Å²) in [5, 5.41) is 3.96. The largest absolute Gasteiger partial charge is 0.486 e. The van der Waals surface area contributed by atoms with Crippen LogP contribution >= 0.6 is 15.9 Å². The highest BCUT2D eigenvalue weighted by Gasteiger charge is 2.10. The lowest BCUT2D eigenvalue weighted by molar-refractivity contribution is 0.288. The van der Waals surface area contributed by atoms with E-state index in [1.165, 1.54) is 5.56 Å². The molecule has 0 saturated heterocycles. The molecule has 2 aromatic heterocycles. The van der Waals surface area contributed by atoms with Crippen LogP contribution < -0.4 is 4.74 Å². The van der Waals surface area contributed by atoms with Crippen LogP contribution in [0.25, 0.3) is 11.5 Å². The first-order chi connectivity index (χ1) is 9.72. The van der Waals surface area contributed by atoms with Gasteiger partial charge >= 0.3 is 0 Å². The van der Waals surface area contributed by atoms with Crippen LogP contribution in [-0.2, 0) is 6.61 Å². The maximum Gasteiger partial charge on any atom is 0.202 e. The second-order valence-corrected chi connectivity index (χ2v) is 5.24. The number of nitrogens with zero attached hydrogens (tertiary/aromatic N) is 1. The van der Waals surface area contributed by atoms with Crippen molar-refractivity contribution in [3.63, 3.8) is 0 Å². The quantitative estimate of drug-likeness (QED) is 0.700. The maximum absolute atomic E-state index is 5.71. The molecule has 0 aliphatic carbocycles. The monoisotopic (exact) mass is 333 g/mol. The third-order valence-electron chi connectivity index (χ3n) is 2.79. The second-order valence-electron chi connectivity index (χ2n) is 4.38. The maximum atomic E-state index is 5.71. The van der Waals surface area contributed by atoms with Gasteiger partial charge in [-0.05, 0) is 52.7 Å². The molecular weight excluding hydrogens is 322 g/mol. The van der Waals surface area contributed by atoms with Gasteiger partial charge in [-0.15, -0.1) is 0 Å². The number of halogens is 1. The summed E-state index contributed by atoms with van der Waals surface area (Å²) in [6.45, 7) is 2.37. The number of aryl methyl sites for hydroxylation is 1. The van der Waals surface area contributed by atoms with Crippen LogP contribution in [0, 0.1) is 6.92 Å². The zero-order valence-electron chi connectivity index (χ0n) is 10.8. The first-order valence-corrected chi connectivity index (χ1v) is 6.90. The average molecular weight is 334 g/mol. The van der Waals surface area contributed by atoms with Gasteiger partial charge in [0.1, 0.15) is 18.1 Å². The zero-order valence-corrected chi connectivity index (χ0v) is 12.4. The Bertz CT molecular complexity index is 704. The van der Waals surface area contributed by atoms with E-state index in [2.05, 4.69) is 21.1 Å². The molecule has 1 aromatic carbocycles. The average Bonchev–Trinajstić information content (AvgIpc) is 3.08. The fraction of sp³-hybridized carbons (Fsp3) is 0.133. The molecular formula is C15H12BrNO3. The highest BCUT2D eigenvalue weighted by Crippen LogP contribution is 2.27. The first kappa shape index (κ1) is 13.0. The molecule has 0 N–H and O–H groups in total. The van der Waals surface area contributed by atoms with Gasteiger partial charge in [-0.3, -0.25) is 0 Å². The van der Waals surface area contributed by atoms with Gasteiger partial charge in [0.2, 0.25) is 5.76 Å². The van der Waals surface area contributed by atoms with Gasteiger partial charge in [0.05, 0.1) is 10.7 Å².